The maximum absolute atomic E-state index is 14.1. The first-order valence-electron chi connectivity index (χ1n) is 15.0. The Morgan fingerprint density at radius 3 is 2.49 bits per heavy atom. The average molecular weight is 622 g/mol. The normalized spacial score (nSPS) is 18.9. The number of nitrogens with one attached hydrogen (secondary N) is 2. The van der Waals surface area contributed by atoms with Crippen LogP contribution in [-0.4, -0.2) is 111 Å². The standard InChI is InChI=1S/C29H44FN7O5S/c1-4-34-14-16-36(17-15-34)25-19-32-12-13-37(25)43(40,41)22-9-10-24(42-6-3)23(18-22)29(39)33-26-21(8-7-11-30)20-35(5-2)27(26)28(31)38/h9-10,18,20,25,32H,4-8,11-17,19H2,1-3H3,(H2,31,38)(H,33,39). The van der Waals surface area contributed by atoms with Crippen LogP contribution < -0.4 is 21.1 Å². The van der Waals surface area contributed by atoms with Crippen LogP contribution in [0.3, 0.4) is 0 Å². The zero-order chi connectivity index (χ0) is 31.1. The number of hydrogen-bond donors (Lipinski definition) is 3. The molecule has 2 saturated heterocycles. The lowest BCUT2D eigenvalue weighted by Gasteiger charge is -2.45. The van der Waals surface area contributed by atoms with Crippen molar-refractivity contribution >= 4 is 27.5 Å². The van der Waals surface area contributed by atoms with E-state index in [4.69, 9.17) is 10.5 Å². The van der Waals surface area contributed by atoms with Crippen LogP contribution in [0.15, 0.2) is 29.3 Å². The predicted molar refractivity (Wildman–Crippen MR) is 163 cm³/mol. The van der Waals surface area contributed by atoms with E-state index >= 15 is 0 Å². The fraction of sp³-hybridized carbons (Fsp3) is 0.586. The number of sulfonamides is 1. The quantitative estimate of drug-likeness (QED) is 0.307. The lowest BCUT2D eigenvalue weighted by Crippen LogP contribution is -2.63. The molecule has 1 unspecified atom stereocenters. The molecule has 0 bridgehead atoms. The molecule has 2 aliphatic heterocycles. The number of anilines is 1. The summed E-state index contributed by atoms with van der Waals surface area (Å²) in [6.45, 7) is 11.3. The third-order valence-electron chi connectivity index (χ3n) is 8.10. The minimum Gasteiger partial charge on any atom is -0.493 e. The number of aryl methyl sites for hydroxylation is 2. The molecule has 1 aromatic carbocycles. The van der Waals surface area contributed by atoms with Crippen LogP contribution in [-0.2, 0) is 23.0 Å². The highest BCUT2D eigenvalue weighted by molar-refractivity contribution is 7.89. The van der Waals surface area contributed by atoms with Gasteiger partial charge in [-0.1, -0.05) is 6.92 Å². The highest BCUT2D eigenvalue weighted by Crippen LogP contribution is 2.30. The molecule has 2 aromatic rings. The van der Waals surface area contributed by atoms with E-state index in [2.05, 4.69) is 27.4 Å². The number of aromatic nitrogens is 1. The molecule has 43 heavy (non-hydrogen) atoms. The van der Waals surface area contributed by atoms with Gasteiger partial charge in [0.1, 0.15) is 11.4 Å². The number of carbonyl (C=O) groups excluding carboxylic acids is 2. The Labute approximate surface area is 253 Å². The summed E-state index contributed by atoms with van der Waals surface area (Å²) in [6, 6.07) is 4.27. The number of halogens is 1. The average Bonchev–Trinajstić information content (AvgIpc) is 3.37. The van der Waals surface area contributed by atoms with E-state index in [0.717, 1.165) is 32.7 Å². The SMILES string of the molecule is CCOc1ccc(S(=O)(=O)N2CCNCC2N2CCN(CC)CC2)cc1C(=O)Nc1c(CCCF)cn(CC)c1C(N)=O. The predicted octanol–water partition coefficient (Wildman–Crippen LogP) is 1.72. The van der Waals surface area contributed by atoms with E-state index in [9.17, 15) is 22.4 Å². The van der Waals surface area contributed by atoms with Gasteiger partial charge in [-0.15, -0.1) is 0 Å². The first-order valence-corrected chi connectivity index (χ1v) is 16.4. The lowest BCUT2D eigenvalue weighted by molar-refractivity contribution is 0.0359. The van der Waals surface area contributed by atoms with Crippen LogP contribution in [0.5, 0.6) is 5.75 Å². The Hall–Kier alpha value is -3.04. The van der Waals surface area contributed by atoms with E-state index in [1.807, 2.05) is 6.92 Å². The zero-order valence-electron chi connectivity index (χ0n) is 25.3. The molecule has 12 nitrogen and oxygen atoms in total. The van der Waals surface area contributed by atoms with Gasteiger partial charge in [0.2, 0.25) is 10.0 Å². The molecule has 2 amide bonds. The number of alkyl halides is 1. The number of nitrogens with zero attached hydrogens (tertiary/aromatic N) is 4. The van der Waals surface area contributed by atoms with Gasteiger partial charge in [0.25, 0.3) is 11.8 Å². The highest BCUT2D eigenvalue weighted by Gasteiger charge is 2.38. The largest absolute Gasteiger partial charge is 0.493 e. The van der Waals surface area contributed by atoms with Gasteiger partial charge in [0.15, 0.2) is 0 Å². The molecule has 3 heterocycles. The topological polar surface area (TPSA) is 142 Å². The van der Waals surface area contributed by atoms with Crippen LogP contribution >= 0.6 is 0 Å². The smallest absolute Gasteiger partial charge is 0.267 e. The van der Waals surface area contributed by atoms with Gasteiger partial charge in [-0.05, 0) is 57.0 Å². The van der Waals surface area contributed by atoms with Crippen molar-refractivity contribution in [3.63, 3.8) is 0 Å². The van der Waals surface area contributed by atoms with E-state index in [-0.39, 0.29) is 53.2 Å². The maximum Gasteiger partial charge on any atom is 0.267 e. The Kier molecular flexibility index (Phi) is 11.2. The third kappa shape index (κ3) is 7.20. The summed E-state index contributed by atoms with van der Waals surface area (Å²) in [4.78, 5) is 30.7. The summed E-state index contributed by atoms with van der Waals surface area (Å²) >= 11 is 0. The van der Waals surface area contributed by atoms with Gasteiger partial charge in [-0.3, -0.25) is 18.9 Å². The van der Waals surface area contributed by atoms with Gasteiger partial charge < -0.3 is 30.6 Å². The number of piperazine rings is 2. The Morgan fingerprint density at radius 1 is 1.12 bits per heavy atom. The second-order valence-electron chi connectivity index (χ2n) is 10.6. The minimum absolute atomic E-state index is 0.00211. The summed E-state index contributed by atoms with van der Waals surface area (Å²) < 4.78 is 50.1. The summed E-state index contributed by atoms with van der Waals surface area (Å²) in [6.07, 6.45) is 1.81. The molecule has 0 aliphatic carbocycles. The van der Waals surface area contributed by atoms with Gasteiger partial charge in [0, 0.05) is 58.6 Å². The van der Waals surface area contributed by atoms with E-state index < -0.39 is 28.5 Å². The van der Waals surface area contributed by atoms with Crippen molar-refractivity contribution in [3.05, 3.63) is 41.2 Å². The van der Waals surface area contributed by atoms with E-state index in [1.165, 1.54) is 22.5 Å². The number of rotatable bonds is 13. The molecule has 0 saturated carbocycles. The van der Waals surface area contributed by atoms with E-state index in [1.54, 1.807) is 17.7 Å². The lowest BCUT2D eigenvalue weighted by atomic mass is 10.1. The summed E-state index contributed by atoms with van der Waals surface area (Å²) in [5.74, 6) is -1.20. The number of likely N-dealkylation sites (N-methyl/N-ethyl adjacent to an activating group) is 1. The van der Waals surface area contributed by atoms with Crippen molar-refractivity contribution in [2.45, 2.75) is 51.2 Å². The second kappa shape index (κ2) is 14.6. The summed E-state index contributed by atoms with van der Waals surface area (Å²) in [5.41, 5.74) is 6.53. The number of benzene rings is 1. The number of ether oxygens (including phenoxy) is 1. The van der Waals surface area contributed by atoms with Crippen molar-refractivity contribution < 1.29 is 27.1 Å². The third-order valence-corrected chi connectivity index (χ3v) is 9.99. The fourth-order valence-electron chi connectivity index (χ4n) is 5.80. The highest BCUT2D eigenvalue weighted by atomic mass is 32.2. The molecule has 1 atom stereocenters. The molecule has 2 aliphatic rings. The number of amides is 2. The van der Waals surface area contributed by atoms with Crippen LogP contribution in [0.1, 0.15) is 53.6 Å². The Bertz CT molecular complexity index is 1390. The second-order valence-corrected chi connectivity index (χ2v) is 12.5. The molecule has 0 spiro atoms. The van der Waals surface area contributed by atoms with E-state index in [0.29, 0.717) is 31.7 Å². The zero-order valence-corrected chi connectivity index (χ0v) is 26.1. The first-order chi connectivity index (χ1) is 20.7. The van der Waals surface area contributed by atoms with Crippen LogP contribution in [0, 0.1) is 0 Å². The molecular formula is C29H44FN7O5S. The summed E-state index contributed by atoms with van der Waals surface area (Å²) in [5, 5.41) is 6.10. The molecule has 4 N–H and O–H groups in total. The van der Waals surface area contributed by atoms with Gasteiger partial charge in [-0.2, -0.15) is 4.31 Å². The van der Waals surface area contributed by atoms with Crippen LogP contribution in [0.2, 0.25) is 0 Å². The summed E-state index contributed by atoms with van der Waals surface area (Å²) in [7, 11) is -4.00. The van der Waals surface area contributed by atoms with Crippen molar-refractivity contribution in [2.75, 3.05) is 71.0 Å². The van der Waals surface area contributed by atoms with Crippen LogP contribution in [0.4, 0.5) is 10.1 Å². The number of primary amides is 1. The molecule has 14 heteroatoms. The minimum atomic E-state index is -4.00. The maximum atomic E-state index is 14.1. The number of hydrogen-bond acceptors (Lipinski definition) is 8. The molecule has 238 valence electrons. The molecule has 0 radical (unpaired) electrons. The van der Waals surface area contributed by atoms with Crippen LogP contribution in [0.25, 0.3) is 0 Å². The molecule has 1 aromatic heterocycles. The first kappa shape index (κ1) is 32.9. The van der Waals surface area contributed by atoms with Crippen molar-refractivity contribution in [1.29, 1.82) is 0 Å². The van der Waals surface area contributed by atoms with Gasteiger partial charge in [-0.25, -0.2) is 8.42 Å². The van der Waals surface area contributed by atoms with Crippen molar-refractivity contribution in [2.24, 2.45) is 5.73 Å². The van der Waals surface area contributed by atoms with Gasteiger partial charge >= 0.3 is 0 Å². The van der Waals surface area contributed by atoms with Crippen molar-refractivity contribution in [3.8, 4) is 5.75 Å². The Morgan fingerprint density at radius 2 is 1.86 bits per heavy atom. The Balaban J connectivity index is 1.68. The molecule has 4 rings (SSSR count). The van der Waals surface area contributed by atoms with Crippen molar-refractivity contribution in [1.82, 2.24) is 24.0 Å². The number of nitrogens with two attached hydrogens (primary N) is 1. The monoisotopic (exact) mass is 621 g/mol. The molecule has 2 fully saturated rings. The van der Waals surface area contributed by atoms with Gasteiger partial charge in [0.05, 0.1) is 35.6 Å². The fourth-order valence-corrected chi connectivity index (χ4v) is 7.44. The number of carbonyl (C=O) groups is 2. The molecular weight excluding hydrogens is 577 g/mol.